The van der Waals surface area contributed by atoms with E-state index in [2.05, 4.69) is 0 Å². The van der Waals surface area contributed by atoms with Crippen LogP contribution in [-0.4, -0.2) is 32.5 Å². The van der Waals surface area contributed by atoms with Crippen molar-refractivity contribution in [3.05, 3.63) is 71.0 Å². The number of hydrogen-bond acceptors (Lipinski definition) is 3. The van der Waals surface area contributed by atoms with Gasteiger partial charge in [0.1, 0.15) is 5.82 Å². The highest BCUT2D eigenvalue weighted by atomic mass is 32.2. The fraction of sp³-hybridized carbons (Fsp3) is 0.278. The molecule has 0 aromatic heterocycles. The minimum Gasteiger partial charge on any atom is -0.335 e. The molecule has 0 aliphatic carbocycles. The molecule has 0 fully saturated rings. The molecule has 2 rings (SSSR count). The van der Waals surface area contributed by atoms with Gasteiger partial charge in [-0.25, -0.2) is 12.8 Å². The second-order valence-electron chi connectivity index (χ2n) is 5.91. The third kappa shape index (κ3) is 4.64. The maximum absolute atomic E-state index is 13.0. The third-order valence-corrected chi connectivity index (χ3v) is 4.74. The zero-order valence-electron chi connectivity index (χ0n) is 13.9. The van der Waals surface area contributed by atoms with Crippen LogP contribution in [0, 0.1) is 5.82 Å². The Labute approximate surface area is 141 Å². The van der Waals surface area contributed by atoms with E-state index < -0.39 is 9.84 Å². The first kappa shape index (κ1) is 18.1. The summed E-state index contributed by atoms with van der Waals surface area (Å²) in [6.07, 6.45) is 1.17. The Morgan fingerprint density at radius 1 is 1.08 bits per heavy atom. The number of benzene rings is 2. The van der Waals surface area contributed by atoms with Crippen molar-refractivity contribution < 1.29 is 17.6 Å². The molecule has 0 saturated heterocycles. The molecule has 0 radical (unpaired) electrons. The fourth-order valence-corrected chi connectivity index (χ4v) is 3.19. The van der Waals surface area contributed by atoms with Gasteiger partial charge in [-0.05, 0) is 42.3 Å². The fourth-order valence-electron chi connectivity index (χ4n) is 2.39. The van der Waals surface area contributed by atoms with Crippen molar-refractivity contribution in [1.82, 2.24) is 4.90 Å². The van der Waals surface area contributed by atoms with Crippen LogP contribution in [0.5, 0.6) is 0 Å². The first-order valence-electron chi connectivity index (χ1n) is 7.46. The Balaban J connectivity index is 2.13. The van der Waals surface area contributed by atoms with Crippen molar-refractivity contribution in [3.63, 3.8) is 0 Å². The first-order valence-corrected chi connectivity index (χ1v) is 9.53. The van der Waals surface area contributed by atoms with Crippen molar-refractivity contribution in [2.24, 2.45) is 0 Å². The van der Waals surface area contributed by atoms with Crippen molar-refractivity contribution in [2.75, 3.05) is 13.3 Å². The van der Waals surface area contributed by atoms with E-state index in [9.17, 15) is 17.6 Å². The van der Waals surface area contributed by atoms with Crippen LogP contribution in [0.25, 0.3) is 0 Å². The van der Waals surface area contributed by atoms with Gasteiger partial charge in [0, 0.05) is 18.9 Å². The van der Waals surface area contributed by atoms with E-state index in [0.29, 0.717) is 11.1 Å². The molecule has 1 atom stereocenters. The predicted molar refractivity (Wildman–Crippen MR) is 91.9 cm³/mol. The molecule has 4 nitrogen and oxygen atoms in total. The molecular formula is C18H20FNO3S. The van der Waals surface area contributed by atoms with Crippen molar-refractivity contribution in [1.29, 1.82) is 0 Å². The van der Waals surface area contributed by atoms with Crippen molar-refractivity contribution in [3.8, 4) is 0 Å². The van der Waals surface area contributed by atoms with E-state index in [4.69, 9.17) is 0 Å². The summed E-state index contributed by atoms with van der Waals surface area (Å²) < 4.78 is 35.6. The zero-order chi connectivity index (χ0) is 17.9. The summed E-state index contributed by atoms with van der Waals surface area (Å²) in [4.78, 5) is 14.1. The predicted octanol–water partition coefficient (Wildman–Crippen LogP) is 3.20. The largest absolute Gasteiger partial charge is 0.335 e. The molecule has 1 unspecified atom stereocenters. The average Bonchev–Trinajstić information content (AvgIpc) is 2.53. The number of carbonyl (C=O) groups is 1. The maximum Gasteiger partial charge on any atom is 0.254 e. The molecular weight excluding hydrogens is 329 g/mol. The molecule has 0 aliphatic rings. The van der Waals surface area contributed by atoms with Gasteiger partial charge in [0.25, 0.3) is 5.91 Å². The van der Waals surface area contributed by atoms with Gasteiger partial charge in [0.05, 0.1) is 11.8 Å². The average molecular weight is 349 g/mol. The number of amides is 1. The molecule has 2 aromatic rings. The lowest BCUT2D eigenvalue weighted by Crippen LogP contribution is -2.29. The maximum atomic E-state index is 13.0. The summed E-state index contributed by atoms with van der Waals surface area (Å²) in [5, 5.41) is 0. The zero-order valence-corrected chi connectivity index (χ0v) is 14.7. The van der Waals surface area contributed by atoms with Crippen LogP contribution in [-0.2, 0) is 15.6 Å². The third-order valence-electron chi connectivity index (χ3n) is 3.88. The Morgan fingerprint density at radius 3 is 2.12 bits per heavy atom. The summed E-state index contributed by atoms with van der Waals surface area (Å²) >= 11 is 0. The van der Waals surface area contributed by atoms with E-state index in [1.54, 1.807) is 48.3 Å². The van der Waals surface area contributed by atoms with Gasteiger partial charge in [0.2, 0.25) is 0 Å². The van der Waals surface area contributed by atoms with Crippen LogP contribution in [0.1, 0.15) is 34.5 Å². The van der Waals surface area contributed by atoms with Gasteiger partial charge in [-0.1, -0.05) is 24.3 Å². The number of carbonyl (C=O) groups excluding carboxylic acids is 1. The summed E-state index contributed by atoms with van der Waals surface area (Å²) in [7, 11) is -1.42. The van der Waals surface area contributed by atoms with Gasteiger partial charge >= 0.3 is 0 Å². The minimum absolute atomic E-state index is 0.0523. The molecule has 6 heteroatoms. The summed E-state index contributed by atoms with van der Waals surface area (Å²) in [5.41, 5.74) is 1.95. The Morgan fingerprint density at radius 2 is 1.62 bits per heavy atom. The van der Waals surface area contributed by atoms with Crippen LogP contribution < -0.4 is 0 Å². The molecule has 0 aliphatic heterocycles. The van der Waals surface area contributed by atoms with Crippen LogP contribution in [0.2, 0.25) is 0 Å². The second-order valence-corrected chi connectivity index (χ2v) is 8.05. The second kappa shape index (κ2) is 7.13. The molecule has 0 spiro atoms. The van der Waals surface area contributed by atoms with Crippen LogP contribution in [0.15, 0.2) is 48.5 Å². The van der Waals surface area contributed by atoms with Gasteiger partial charge in [-0.15, -0.1) is 0 Å². The molecule has 0 N–H and O–H groups in total. The lowest BCUT2D eigenvalue weighted by molar-refractivity contribution is 0.0742. The number of nitrogens with zero attached hydrogens (tertiary/aromatic N) is 1. The number of rotatable bonds is 5. The molecule has 2 aromatic carbocycles. The Bertz CT molecular complexity index is 814. The lowest BCUT2D eigenvalue weighted by Gasteiger charge is -2.25. The van der Waals surface area contributed by atoms with Crippen LogP contribution >= 0.6 is 0 Å². The van der Waals surface area contributed by atoms with Gasteiger partial charge in [0.15, 0.2) is 9.84 Å². The van der Waals surface area contributed by atoms with E-state index in [1.165, 1.54) is 18.4 Å². The van der Waals surface area contributed by atoms with Gasteiger partial charge < -0.3 is 4.90 Å². The highest BCUT2D eigenvalue weighted by Gasteiger charge is 2.19. The van der Waals surface area contributed by atoms with E-state index in [1.807, 2.05) is 6.92 Å². The molecule has 1 amide bonds. The van der Waals surface area contributed by atoms with Gasteiger partial charge in [-0.3, -0.25) is 4.79 Å². The summed E-state index contributed by atoms with van der Waals surface area (Å²) in [6, 6.07) is 12.4. The standard InChI is InChI=1S/C18H20FNO3S/c1-13(15-8-10-17(19)11-9-15)20(2)18(21)16-6-4-14(5-7-16)12-24(3,22)23/h4-11,13H,12H2,1-3H3. The molecule has 0 heterocycles. The molecule has 0 bridgehead atoms. The van der Waals surface area contributed by atoms with E-state index in [0.717, 1.165) is 5.56 Å². The highest BCUT2D eigenvalue weighted by Crippen LogP contribution is 2.21. The highest BCUT2D eigenvalue weighted by molar-refractivity contribution is 7.89. The smallest absolute Gasteiger partial charge is 0.254 e. The molecule has 0 saturated carbocycles. The van der Waals surface area contributed by atoms with Crippen LogP contribution in [0.3, 0.4) is 0 Å². The van der Waals surface area contributed by atoms with Crippen molar-refractivity contribution >= 4 is 15.7 Å². The number of sulfone groups is 1. The first-order chi connectivity index (χ1) is 11.2. The molecule has 128 valence electrons. The topological polar surface area (TPSA) is 54.5 Å². The Kier molecular flexibility index (Phi) is 5.39. The quantitative estimate of drug-likeness (QED) is 0.833. The summed E-state index contributed by atoms with van der Waals surface area (Å²) in [6.45, 7) is 1.86. The summed E-state index contributed by atoms with van der Waals surface area (Å²) in [5.74, 6) is -0.553. The Hall–Kier alpha value is -2.21. The van der Waals surface area contributed by atoms with Crippen molar-refractivity contribution in [2.45, 2.75) is 18.7 Å². The SMILES string of the molecule is CC(c1ccc(F)cc1)N(C)C(=O)c1ccc(CS(C)(=O)=O)cc1. The van der Waals surface area contributed by atoms with Gasteiger partial charge in [-0.2, -0.15) is 0 Å². The van der Waals surface area contributed by atoms with E-state index in [-0.39, 0.29) is 23.5 Å². The van der Waals surface area contributed by atoms with E-state index >= 15 is 0 Å². The number of halogens is 1. The molecule has 24 heavy (non-hydrogen) atoms. The monoisotopic (exact) mass is 349 g/mol. The number of hydrogen-bond donors (Lipinski definition) is 0. The minimum atomic E-state index is -3.11. The van der Waals surface area contributed by atoms with Crippen LogP contribution in [0.4, 0.5) is 4.39 Å². The lowest BCUT2D eigenvalue weighted by atomic mass is 10.1. The normalized spacial score (nSPS) is 12.7.